The predicted octanol–water partition coefficient (Wildman–Crippen LogP) is 2.65. The van der Waals surface area contributed by atoms with Crippen molar-refractivity contribution in [2.45, 2.75) is 0 Å². The van der Waals surface area contributed by atoms with Gasteiger partial charge in [0.1, 0.15) is 5.75 Å². The summed E-state index contributed by atoms with van der Waals surface area (Å²) in [4.78, 5) is 37.9. The lowest BCUT2D eigenvalue weighted by atomic mass is 10.1. The standard InChI is InChI=1S/C22H15NO6/c1-28-18-8-4-5-9-19(18)29-13-10-11-14-16(12-13)21(25)23(20(14)24)17-7-3-2-6-15(17)22(26)27/h2-12H,1H3,(H,26,27)/p-1. The van der Waals surface area contributed by atoms with Crippen LogP contribution in [0.2, 0.25) is 0 Å². The molecule has 0 spiro atoms. The first-order valence-electron chi connectivity index (χ1n) is 8.65. The monoisotopic (exact) mass is 388 g/mol. The van der Waals surface area contributed by atoms with E-state index in [1.54, 1.807) is 36.4 Å². The first-order valence-corrected chi connectivity index (χ1v) is 8.65. The summed E-state index contributed by atoms with van der Waals surface area (Å²) in [5.41, 5.74) is 0.00414. The molecule has 144 valence electrons. The minimum Gasteiger partial charge on any atom is -0.545 e. The Morgan fingerprint density at radius 1 is 0.862 bits per heavy atom. The summed E-state index contributed by atoms with van der Waals surface area (Å²) < 4.78 is 11.0. The quantitative estimate of drug-likeness (QED) is 0.624. The number of imide groups is 1. The molecule has 0 saturated carbocycles. The van der Waals surface area contributed by atoms with Crippen molar-refractivity contribution in [3.05, 3.63) is 83.4 Å². The first-order chi connectivity index (χ1) is 14.0. The van der Waals surface area contributed by atoms with E-state index in [9.17, 15) is 19.5 Å². The Morgan fingerprint density at radius 3 is 2.24 bits per heavy atom. The fourth-order valence-electron chi connectivity index (χ4n) is 3.17. The SMILES string of the molecule is COc1ccccc1Oc1ccc2c(c1)C(=O)N(c1ccccc1C(=O)[O-])C2=O. The van der Waals surface area contributed by atoms with Crippen LogP contribution >= 0.6 is 0 Å². The van der Waals surface area contributed by atoms with Gasteiger partial charge < -0.3 is 19.4 Å². The fraction of sp³-hybridized carbons (Fsp3) is 0.0455. The highest BCUT2D eigenvalue weighted by Gasteiger charge is 2.38. The molecule has 1 heterocycles. The zero-order chi connectivity index (χ0) is 20.5. The number of carboxylic acids is 1. The number of nitrogens with zero attached hydrogens (tertiary/aromatic N) is 1. The van der Waals surface area contributed by atoms with Crippen LogP contribution < -0.4 is 19.5 Å². The molecule has 0 N–H and O–H groups in total. The zero-order valence-electron chi connectivity index (χ0n) is 15.2. The van der Waals surface area contributed by atoms with Crippen LogP contribution in [0.15, 0.2) is 66.7 Å². The van der Waals surface area contributed by atoms with Crippen molar-refractivity contribution in [1.82, 2.24) is 0 Å². The molecule has 7 nitrogen and oxygen atoms in total. The van der Waals surface area contributed by atoms with Crippen molar-refractivity contribution >= 4 is 23.5 Å². The largest absolute Gasteiger partial charge is 0.545 e. The van der Waals surface area contributed by atoms with E-state index in [0.29, 0.717) is 17.2 Å². The number of benzene rings is 3. The van der Waals surface area contributed by atoms with E-state index < -0.39 is 17.8 Å². The van der Waals surface area contributed by atoms with Crippen molar-refractivity contribution in [3.63, 3.8) is 0 Å². The van der Waals surface area contributed by atoms with Gasteiger partial charge in [0.25, 0.3) is 11.8 Å². The third kappa shape index (κ3) is 3.08. The second-order valence-corrected chi connectivity index (χ2v) is 6.21. The van der Waals surface area contributed by atoms with Gasteiger partial charge in [0, 0.05) is 5.56 Å². The summed E-state index contributed by atoms with van der Waals surface area (Å²) in [7, 11) is 1.51. The lowest BCUT2D eigenvalue weighted by Crippen LogP contribution is -2.33. The molecule has 1 aliphatic heterocycles. The molecule has 0 radical (unpaired) electrons. The summed E-state index contributed by atoms with van der Waals surface area (Å²) in [6.07, 6.45) is 0. The lowest BCUT2D eigenvalue weighted by Gasteiger charge is -2.18. The van der Waals surface area contributed by atoms with Gasteiger partial charge in [-0.15, -0.1) is 0 Å². The van der Waals surface area contributed by atoms with Crippen LogP contribution in [0.25, 0.3) is 0 Å². The van der Waals surface area contributed by atoms with E-state index in [0.717, 1.165) is 4.90 Å². The van der Waals surface area contributed by atoms with Gasteiger partial charge in [0.15, 0.2) is 11.5 Å². The Bertz CT molecular complexity index is 1150. The minimum absolute atomic E-state index is 0.0362. The number of para-hydroxylation sites is 3. The molecule has 3 aromatic rings. The average molecular weight is 388 g/mol. The highest BCUT2D eigenvalue weighted by molar-refractivity contribution is 6.35. The van der Waals surface area contributed by atoms with Crippen molar-refractivity contribution in [1.29, 1.82) is 0 Å². The van der Waals surface area contributed by atoms with Crippen molar-refractivity contribution in [2.24, 2.45) is 0 Å². The summed E-state index contributed by atoms with van der Waals surface area (Å²) in [6.45, 7) is 0. The van der Waals surface area contributed by atoms with Crippen LogP contribution in [0.5, 0.6) is 17.2 Å². The van der Waals surface area contributed by atoms with Crippen LogP contribution in [0.4, 0.5) is 5.69 Å². The van der Waals surface area contributed by atoms with Crippen molar-refractivity contribution in [2.75, 3.05) is 12.0 Å². The number of aromatic carboxylic acids is 1. The molecule has 29 heavy (non-hydrogen) atoms. The molecule has 3 aromatic carbocycles. The van der Waals surface area contributed by atoms with E-state index in [4.69, 9.17) is 9.47 Å². The zero-order valence-corrected chi connectivity index (χ0v) is 15.2. The van der Waals surface area contributed by atoms with Gasteiger partial charge in [-0.2, -0.15) is 0 Å². The maximum absolute atomic E-state index is 12.9. The molecule has 0 aromatic heterocycles. The number of fused-ring (bicyclic) bond motifs is 1. The van der Waals surface area contributed by atoms with Gasteiger partial charge in [-0.05, 0) is 36.4 Å². The number of rotatable bonds is 5. The maximum atomic E-state index is 12.9. The first kappa shape index (κ1) is 18.2. The normalized spacial score (nSPS) is 12.7. The number of methoxy groups -OCH3 is 1. The van der Waals surface area contributed by atoms with Gasteiger partial charge in [-0.25, -0.2) is 4.90 Å². The average Bonchev–Trinajstić information content (AvgIpc) is 2.98. The highest BCUT2D eigenvalue weighted by Crippen LogP contribution is 2.35. The Morgan fingerprint density at radius 2 is 1.52 bits per heavy atom. The molecule has 0 aliphatic carbocycles. The summed E-state index contributed by atoms with van der Waals surface area (Å²) in [5, 5.41) is 11.4. The fourth-order valence-corrected chi connectivity index (χ4v) is 3.17. The second kappa shape index (κ2) is 7.12. The molecule has 0 atom stereocenters. The Balaban J connectivity index is 1.71. The Hall–Kier alpha value is -4.13. The second-order valence-electron chi connectivity index (χ2n) is 6.21. The molecular formula is C22H14NO6-. The maximum Gasteiger partial charge on any atom is 0.266 e. The number of amides is 2. The van der Waals surface area contributed by atoms with E-state index in [1.807, 2.05) is 0 Å². The number of carbonyl (C=O) groups is 3. The van der Waals surface area contributed by atoms with Crippen molar-refractivity contribution in [3.8, 4) is 17.2 Å². The van der Waals surface area contributed by atoms with Crippen LogP contribution in [-0.4, -0.2) is 24.9 Å². The summed E-state index contributed by atoms with van der Waals surface area (Å²) in [5.74, 6) is -1.42. The Kier molecular flexibility index (Phi) is 4.48. The molecular weight excluding hydrogens is 374 g/mol. The molecule has 0 unspecified atom stereocenters. The number of hydrogen-bond acceptors (Lipinski definition) is 6. The van der Waals surface area contributed by atoms with Crippen LogP contribution in [0.1, 0.15) is 31.1 Å². The molecule has 7 heteroatoms. The van der Waals surface area contributed by atoms with Crippen LogP contribution in [0.3, 0.4) is 0 Å². The molecule has 0 saturated heterocycles. The van der Waals surface area contributed by atoms with E-state index in [-0.39, 0.29) is 22.4 Å². The highest BCUT2D eigenvalue weighted by atomic mass is 16.5. The number of ether oxygens (including phenoxy) is 2. The molecule has 0 fully saturated rings. The van der Waals surface area contributed by atoms with E-state index in [1.165, 1.54) is 37.4 Å². The van der Waals surface area contributed by atoms with Crippen LogP contribution in [-0.2, 0) is 0 Å². The number of carbonyl (C=O) groups excluding carboxylic acids is 3. The van der Waals surface area contributed by atoms with Gasteiger partial charge in [0.2, 0.25) is 0 Å². The minimum atomic E-state index is -1.47. The number of carboxylic acid groups (broad SMARTS) is 1. The number of hydrogen-bond donors (Lipinski definition) is 0. The molecule has 2 amide bonds. The van der Waals surface area contributed by atoms with Crippen LogP contribution in [0, 0.1) is 0 Å². The Labute approximate surface area is 165 Å². The topological polar surface area (TPSA) is 96.0 Å². The lowest BCUT2D eigenvalue weighted by molar-refractivity contribution is -0.254. The number of anilines is 1. The van der Waals surface area contributed by atoms with E-state index >= 15 is 0 Å². The predicted molar refractivity (Wildman–Crippen MR) is 101 cm³/mol. The van der Waals surface area contributed by atoms with Gasteiger partial charge in [-0.3, -0.25) is 9.59 Å². The summed E-state index contributed by atoms with van der Waals surface area (Å²) in [6, 6.07) is 17.2. The molecule has 1 aliphatic rings. The smallest absolute Gasteiger partial charge is 0.266 e. The van der Waals surface area contributed by atoms with Gasteiger partial charge >= 0.3 is 0 Å². The molecule has 0 bridgehead atoms. The van der Waals surface area contributed by atoms with Gasteiger partial charge in [-0.1, -0.05) is 30.3 Å². The molecule has 4 rings (SSSR count). The van der Waals surface area contributed by atoms with Crippen molar-refractivity contribution < 1.29 is 29.0 Å². The summed E-state index contributed by atoms with van der Waals surface area (Å²) >= 11 is 0. The van der Waals surface area contributed by atoms with Gasteiger partial charge in [0.05, 0.1) is 29.9 Å². The van der Waals surface area contributed by atoms with E-state index in [2.05, 4.69) is 0 Å². The third-order valence-corrected chi connectivity index (χ3v) is 4.52. The third-order valence-electron chi connectivity index (χ3n) is 4.52.